The number of benzene rings is 3. The molecule has 4 rings (SSSR count). The summed E-state index contributed by atoms with van der Waals surface area (Å²) in [6.07, 6.45) is -0.752. The van der Waals surface area contributed by atoms with Gasteiger partial charge in [-0.2, -0.15) is 0 Å². The molecule has 7 nitrogen and oxygen atoms in total. The zero-order valence-electron chi connectivity index (χ0n) is 23.2. The van der Waals surface area contributed by atoms with Gasteiger partial charge in [-0.3, -0.25) is 9.59 Å². The maximum absolute atomic E-state index is 13.1. The van der Waals surface area contributed by atoms with Crippen LogP contribution in [0.3, 0.4) is 0 Å². The van der Waals surface area contributed by atoms with Gasteiger partial charge in [-0.1, -0.05) is 48.0 Å². The first-order valence-electron chi connectivity index (χ1n) is 13.0. The summed E-state index contributed by atoms with van der Waals surface area (Å²) in [6, 6.07) is 21.9. The summed E-state index contributed by atoms with van der Waals surface area (Å²) < 4.78 is 11.1. The molecule has 0 aliphatic carbocycles. The Balaban J connectivity index is 1.47. The number of nitrogens with one attached hydrogen (secondary N) is 2. The monoisotopic (exact) mass is 556 g/mol. The summed E-state index contributed by atoms with van der Waals surface area (Å²) in [7, 11) is 0. The summed E-state index contributed by atoms with van der Waals surface area (Å²) in [6.45, 7) is 9.48. The van der Waals surface area contributed by atoms with Crippen LogP contribution in [0.2, 0.25) is 0 Å². The number of amides is 2. The van der Waals surface area contributed by atoms with Crippen LogP contribution in [-0.4, -0.2) is 30.5 Å². The summed E-state index contributed by atoms with van der Waals surface area (Å²) in [5.41, 5.74) is 5.16. The van der Waals surface area contributed by atoms with E-state index in [9.17, 15) is 14.4 Å². The zero-order valence-corrected chi connectivity index (χ0v) is 24.0. The molecule has 1 aromatic heterocycles. The van der Waals surface area contributed by atoms with E-state index >= 15 is 0 Å². The molecule has 0 bridgehead atoms. The van der Waals surface area contributed by atoms with E-state index in [1.807, 2.05) is 69.3 Å². The first kappa shape index (κ1) is 28.6. The normalized spacial score (nSPS) is 11.4. The van der Waals surface area contributed by atoms with Crippen molar-refractivity contribution in [1.82, 2.24) is 0 Å². The SMILES string of the molecule is CCOC(=O)c1c(NC(=O)c2ccc(OC(C)C(=O)Nc3ccc(C)cc3C)cc2)sc(C)c1-c1ccccc1. The molecule has 4 aromatic rings. The van der Waals surface area contributed by atoms with Crippen LogP contribution >= 0.6 is 11.3 Å². The number of aryl methyl sites for hydroxylation is 3. The van der Waals surface area contributed by atoms with Crippen molar-refractivity contribution in [3.05, 3.63) is 99.9 Å². The quantitative estimate of drug-likeness (QED) is 0.213. The Morgan fingerprint density at radius 3 is 2.25 bits per heavy atom. The maximum Gasteiger partial charge on any atom is 0.341 e. The van der Waals surface area contributed by atoms with Gasteiger partial charge in [-0.25, -0.2) is 4.79 Å². The number of thiophene rings is 1. The molecule has 0 radical (unpaired) electrons. The van der Waals surface area contributed by atoms with Gasteiger partial charge in [0.1, 0.15) is 16.3 Å². The fourth-order valence-electron chi connectivity index (χ4n) is 4.29. The van der Waals surface area contributed by atoms with E-state index in [1.165, 1.54) is 11.3 Å². The average molecular weight is 557 g/mol. The van der Waals surface area contributed by atoms with Crippen LogP contribution in [0, 0.1) is 20.8 Å². The van der Waals surface area contributed by atoms with Crippen LogP contribution in [0.15, 0.2) is 72.8 Å². The van der Waals surface area contributed by atoms with Crippen LogP contribution in [-0.2, 0) is 9.53 Å². The Kier molecular flexibility index (Phi) is 9.01. The molecule has 8 heteroatoms. The largest absolute Gasteiger partial charge is 0.481 e. The molecule has 0 spiro atoms. The van der Waals surface area contributed by atoms with E-state index in [0.29, 0.717) is 21.9 Å². The summed E-state index contributed by atoms with van der Waals surface area (Å²) >= 11 is 1.33. The van der Waals surface area contributed by atoms with Crippen molar-refractivity contribution < 1.29 is 23.9 Å². The summed E-state index contributed by atoms with van der Waals surface area (Å²) in [5.74, 6) is -0.690. The number of hydrogen-bond donors (Lipinski definition) is 2. The highest BCUT2D eigenvalue weighted by atomic mass is 32.1. The van der Waals surface area contributed by atoms with Gasteiger partial charge in [0.15, 0.2) is 6.10 Å². The second-order valence-electron chi connectivity index (χ2n) is 9.37. The Labute approximate surface area is 238 Å². The van der Waals surface area contributed by atoms with E-state index in [0.717, 1.165) is 32.8 Å². The van der Waals surface area contributed by atoms with Gasteiger partial charge in [0.25, 0.3) is 11.8 Å². The lowest BCUT2D eigenvalue weighted by molar-refractivity contribution is -0.122. The van der Waals surface area contributed by atoms with Gasteiger partial charge in [0.05, 0.1) is 6.61 Å². The predicted molar refractivity (Wildman–Crippen MR) is 159 cm³/mol. The molecular weight excluding hydrogens is 524 g/mol. The van der Waals surface area contributed by atoms with Crippen LogP contribution < -0.4 is 15.4 Å². The molecule has 2 amide bonds. The fraction of sp³-hybridized carbons (Fsp3) is 0.219. The predicted octanol–water partition coefficient (Wildman–Crippen LogP) is 7.18. The molecule has 206 valence electrons. The number of anilines is 2. The molecular formula is C32H32N2O5S. The molecule has 1 unspecified atom stereocenters. The minimum Gasteiger partial charge on any atom is -0.481 e. The number of rotatable bonds is 9. The lowest BCUT2D eigenvalue weighted by Crippen LogP contribution is -2.30. The van der Waals surface area contributed by atoms with Crippen molar-refractivity contribution in [2.45, 2.75) is 40.7 Å². The molecule has 0 aliphatic rings. The minimum atomic E-state index is -0.752. The second-order valence-corrected chi connectivity index (χ2v) is 10.6. The third-order valence-corrected chi connectivity index (χ3v) is 7.31. The number of ether oxygens (including phenoxy) is 2. The Morgan fingerprint density at radius 2 is 1.60 bits per heavy atom. The van der Waals surface area contributed by atoms with Crippen molar-refractivity contribution >= 4 is 39.8 Å². The van der Waals surface area contributed by atoms with Gasteiger partial charge in [-0.15, -0.1) is 11.3 Å². The standard InChI is InChI=1S/C32H32N2O5S/c1-6-38-32(37)28-27(23-10-8-7-9-11-23)22(5)40-31(28)34-30(36)24-13-15-25(16-14-24)39-21(4)29(35)33-26-17-12-19(2)18-20(26)3/h7-18,21H,6H2,1-5H3,(H,33,35)(H,34,36). The molecule has 0 saturated heterocycles. The number of carbonyl (C=O) groups excluding carboxylic acids is 3. The lowest BCUT2D eigenvalue weighted by Gasteiger charge is -2.16. The van der Waals surface area contributed by atoms with E-state index in [4.69, 9.17) is 9.47 Å². The highest BCUT2D eigenvalue weighted by Gasteiger charge is 2.26. The summed E-state index contributed by atoms with van der Waals surface area (Å²) in [5, 5.41) is 6.20. The fourth-order valence-corrected chi connectivity index (χ4v) is 5.35. The number of carbonyl (C=O) groups is 3. The van der Waals surface area contributed by atoms with Crippen LogP contribution in [0.1, 0.15) is 50.6 Å². The topological polar surface area (TPSA) is 93.7 Å². The minimum absolute atomic E-state index is 0.220. The highest BCUT2D eigenvalue weighted by Crippen LogP contribution is 2.40. The molecule has 0 fully saturated rings. The number of esters is 1. The highest BCUT2D eigenvalue weighted by molar-refractivity contribution is 7.17. The number of hydrogen-bond acceptors (Lipinski definition) is 6. The van der Waals surface area contributed by atoms with Gasteiger partial charge in [0.2, 0.25) is 0 Å². The van der Waals surface area contributed by atoms with Gasteiger partial charge >= 0.3 is 5.97 Å². The van der Waals surface area contributed by atoms with Crippen LogP contribution in [0.5, 0.6) is 5.75 Å². The molecule has 1 heterocycles. The van der Waals surface area contributed by atoms with E-state index in [1.54, 1.807) is 38.1 Å². The third-order valence-electron chi connectivity index (χ3n) is 6.29. The molecule has 1 atom stereocenters. The second kappa shape index (κ2) is 12.6. The summed E-state index contributed by atoms with van der Waals surface area (Å²) in [4.78, 5) is 39.6. The van der Waals surface area contributed by atoms with Crippen molar-refractivity contribution in [1.29, 1.82) is 0 Å². The Bertz CT molecular complexity index is 1530. The molecule has 3 aromatic carbocycles. The van der Waals surface area contributed by atoms with Crippen molar-refractivity contribution in [2.24, 2.45) is 0 Å². The molecule has 40 heavy (non-hydrogen) atoms. The van der Waals surface area contributed by atoms with E-state index in [2.05, 4.69) is 10.6 Å². The Hall–Kier alpha value is -4.43. The van der Waals surface area contributed by atoms with E-state index < -0.39 is 12.1 Å². The maximum atomic E-state index is 13.1. The Morgan fingerprint density at radius 1 is 0.900 bits per heavy atom. The van der Waals surface area contributed by atoms with Crippen molar-refractivity contribution in [2.75, 3.05) is 17.2 Å². The van der Waals surface area contributed by atoms with Gasteiger partial charge in [-0.05, 0) is 76.1 Å². The third kappa shape index (κ3) is 6.58. The van der Waals surface area contributed by atoms with Crippen molar-refractivity contribution in [3.63, 3.8) is 0 Å². The first-order valence-corrected chi connectivity index (χ1v) is 13.8. The average Bonchev–Trinajstić information content (AvgIpc) is 3.26. The zero-order chi connectivity index (χ0) is 28.8. The van der Waals surface area contributed by atoms with Crippen molar-refractivity contribution in [3.8, 4) is 16.9 Å². The van der Waals surface area contributed by atoms with E-state index in [-0.39, 0.29) is 18.4 Å². The first-order chi connectivity index (χ1) is 19.2. The molecule has 2 N–H and O–H groups in total. The molecule has 0 saturated carbocycles. The smallest absolute Gasteiger partial charge is 0.341 e. The lowest BCUT2D eigenvalue weighted by atomic mass is 10.0. The van der Waals surface area contributed by atoms with Crippen LogP contribution in [0.25, 0.3) is 11.1 Å². The van der Waals surface area contributed by atoms with Crippen LogP contribution in [0.4, 0.5) is 10.7 Å². The van der Waals surface area contributed by atoms with Gasteiger partial charge < -0.3 is 20.1 Å². The van der Waals surface area contributed by atoms with Gasteiger partial charge in [0, 0.05) is 21.7 Å². The molecule has 0 aliphatic heterocycles.